The third-order valence-corrected chi connectivity index (χ3v) is 5.79. The number of carbonyl (C=O) groups excluding carboxylic acids is 1. The highest BCUT2D eigenvalue weighted by Gasteiger charge is 2.35. The van der Waals surface area contributed by atoms with Crippen LogP contribution in [-0.2, 0) is 19.6 Å². The molecule has 0 N–H and O–H groups in total. The molecule has 0 bridgehead atoms. The van der Waals surface area contributed by atoms with Crippen LogP contribution in [0.5, 0.6) is 0 Å². The van der Waals surface area contributed by atoms with Gasteiger partial charge in [-0.15, -0.1) is 0 Å². The number of esters is 1. The largest absolute Gasteiger partial charge is 0.469 e. The third kappa shape index (κ3) is 3.56. The van der Waals surface area contributed by atoms with Gasteiger partial charge in [-0.2, -0.15) is 4.31 Å². The zero-order valence-corrected chi connectivity index (χ0v) is 13.7. The topological polar surface area (TPSA) is 63.7 Å². The normalized spacial score (nSPS) is 19.9. The van der Waals surface area contributed by atoms with Gasteiger partial charge in [0.25, 0.3) is 0 Å². The van der Waals surface area contributed by atoms with Crippen molar-refractivity contribution in [3.8, 4) is 0 Å². The average molecular weight is 323 g/mol. The Hall–Kier alpha value is -1.66. The van der Waals surface area contributed by atoms with Crippen molar-refractivity contribution in [2.75, 3.05) is 13.7 Å². The van der Waals surface area contributed by atoms with Gasteiger partial charge in [-0.3, -0.25) is 4.79 Å². The molecule has 2 rings (SSSR count). The van der Waals surface area contributed by atoms with Gasteiger partial charge in [-0.1, -0.05) is 29.8 Å². The van der Waals surface area contributed by atoms with Crippen LogP contribution in [0.2, 0.25) is 0 Å². The van der Waals surface area contributed by atoms with Crippen LogP contribution in [0.1, 0.15) is 24.8 Å². The van der Waals surface area contributed by atoms with Crippen molar-refractivity contribution in [1.29, 1.82) is 0 Å². The highest BCUT2D eigenvalue weighted by atomic mass is 32.2. The van der Waals surface area contributed by atoms with E-state index in [0.717, 1.165) is 17.6 Å². The summed E-state index contributed by atoms with van der Waals surface area (Å²) in [4.78, 5) is 11.8. The molecule has 0 aromatic heterocycles. The van der Waals surface area contributed by atoms with E-state index in [1.54, 1.807) is 24.3 Å². The maximum Gasteiger partial charge on any atom is 0.307 e. The average Bonchev–Trinajstić information content (AvgIpc) is 2.49. The van der Waals surface area contributed by atoms with Crippen molar-refractivity contribution >= 4 is 16.0 Å². The Morgan fingerprint density at radius 2 is 2.00 bits per heavy atom. The first-order valence-electron chi connectivity index (χ1n) is 7.16. The first-order valence-corrected chi connectivity index (χ1v) is 8.60. The summed E-state index contributed by atoms with van der Waals surface area (Å²) < 4.78 is 31.8. The van der Waals surface area contributed by atoms with Crippen molar-refractivity contribution in [3.63, 3.8) is 0 Å². The molecule has 1 fully saturated rings. The second-order valence-electron chi connectivity index (χ2n) is 5.59. The van der Waals surface area contributed by atoms with E-state index >= 15 is 0 Å². The summed E-state index contributed by atoms with van der Waals surface area (Å²) in [5, 5.41) is 0. The molecule has 0 aliphatic carbocycles. The second kappa shape index (κ2) is 6.62. The third-order valence-electron chi connectivity index (χ3n) is 3.88. The van der Waals surface area contributed by atoms with Crippen LogP contribution in [0, 0.1) is 6.92 Å². The Morgan fingerprint density at radius 3 is 2.59 bits per heavy atom. The maximum absolute atomic E-state index is 12.9. The smallest absolute Gasteiger partial charge is 0.307 e. The van der Waals surface area contributed by atoms with Gasteiger partial charge in [0, 0.05) is 12.6 Å². The molecule has 5 nitrogen and oxygen atoms in total. The fourth-order valence-electron chi connectivity index (χ4n) is 2.55. The lowest BCUT2D eigenvalue weighted by Gasteiger charge is -2.35. The van der Waals surface area contributed by atoms with Crippen LogP contribution in [0.15, 0.2) is 41.3 Å². The molecule has 1 aliphatic rings. The minimum absolute atomic E-state index is 0.0644. The Bertz CT molecular complexity index is 664. The molecule has 1 saturated heterocycles. The number of hydrogen-bond donors (Lipinski definition) is 0. The molecular weight excluding hydrogens is 302 g/mol. The molecule has 1 atom stereocenters. The van der Waals surface area contributed by atoms with Crippen LogP contribution in [0.25, 0.3) is 0 Å². The van der Waals surface area contributed by atoms with E-state index in [9.17, 15) is 13.2 Å². The highest BCUT2D eigenvalue weighted by Crippen LogP contribution is 2.29. The minimum atomic E-state index is -3.65. The van der Waals surface area contributed by atoms with Gasteiger partial charge in [-0.05, 0) is 31.9 Å². The number of rotatable bonds is 4. The fourth-order valence-corrected chi connectivity index (χ4v) is 4.23. The van der Waals surface area contributed by atoms with Crippen molar-refractivity contribution < 1.29 is 17.9 Å². The summed E-state index contributed by atoms with van der Waals surface area (Å²) in [5.41, 5.74) is 1.85. The van der Waals surface area contributed by atoms with Crippen LogP contribution >= 0.6 is 0 Å². The van der Waals surface area contributed by atoms with Crippen LogP contribution in [-0.4, -0.2) is 38.4 Å². The number of hydrogen-bond acceptors (Lipinski definition) is 4. The molecule has 1 heterocycles. The van der Waals surface area contributed by atoms with Crippen molar-refractivity contribution in [1.82, 2.24) is 4.31 Å². The Balaban J connectivity index is 2.33. The van der Waals surface area contributed by atoms with Crippen LogP contribution in [0.4, 0.5) is 0 Å². The van der Waals surface area contributed by atoms with Gasteiger partial charge in [0.1, 0.15) is 0 Å². The van der Waals surface area contributed by atoms with Crippen molar-refractivity contribution in [2.24, 2.45) is 0 Å². The van der Waals surface area contributed by atoms with Gasteiger partial charge in [0.15, 0.2) is 0 Å². The first-order chi connectivity index (χ1) is 10.3. The quantitative estimate of drug-likeness (QED) is 0.630. The van der Waals surface area contributed by atoms with E-state index in [4.69, 9.17) is 0 Å². The van der Waals surface area contributed by atoms with Gasteiger partial charge in [0.05, 0.1) is 18.4 Å². The van der Waals surface area contributed by atoms with E-state index in [0.29, 0.717) is 6.42 Å². The number of piperidine rings is 1. The Labute approximate surface area is 131 Å². The van der Waals surface area contributed by atoms with Gasteiger partial charge in [0.2, 0.25) is 10.0 Å². The molecule has 1 aromatic rings. The van der Waals surface area contributed by atoms with Crippen molar-refractivity contribution in [3.05, 3.63) is 42.0 Å². The Kier molecular flexibility index (Phi) is 5.03. The molecule has 0 radical (unpaired) electrons. The lowest BCUT2D eigenvalue weighted by atomic mass is 9.99. The molecule has 22 heavy (non-hydrogen) atoms. The molecule has 0 amide bonds. The number of methoxy groups -OCH3 is 1. The summed E-state index contributed by atoms with van der Waals surface area (Å²) >= 11 is 0. The van der Waals surface area contributed by atoms with E-state index < -0.39 is 16.0 Å². The van der Waals surface area contributed by atoms with Gasteiger partial charge < -0.3 is 4.74 Å². The molecule has 120 valence electrons. The van der Waals surface area contributed by atoms with E-state index in [1.165, 1.54) is 11.4 Å². The van der Waals surface area contributed by atoms with Gasteiger partial charge >= 0.3 is 5.97 Å². The molecule has 1 aliphatic heterocycles. The molecular formula is C16H21NO4S. The summed E-state index contributed by atoms with van der Waals surface area (Å²) in [7, 11) is -2.34. The fraction of sp³-hybridized carbons (Fsp3) is 0.438. The predicted octanol–water partition coefficient (Wildman–Crippen LogP) is 2.27. The molecule has 0 spiro atoms. The molecule has 6 heteroatoms. The summed E-state index contributed by atoms with van der Waals surface area (Å²) in [5.74, 6) is -0.401. The number of sulfonamides is 1. The second-order valence-corrected chi connectivity index (χ2v) is 7.48. The van der Waals surface area contributed by atoms with E-state index in [2.05, 4.69) is 11.3 Å². The number of carbonyl (C=O) groups is 1. The van der Waals surface area contributed by atoms with Crippen LogP contribution in [0.3, 0.4) is 0 Å². The Morgan fingerprint density at radius 1 is 1.36 bits per heavy atom. The van der Waals surface area contributed by atoms with E-state index in [1.807, 2.05) is 6.92 Å². The van der Waals surface area contributed by atoms with E-state index in [-0.39, 0.29) is 23.9 Å². The number of benzene rings is 1. The SMILES string of the molecule is C=C1CCC(CC(=O)OC)N(S(=O)(=O)c2ccc(C)cc2)C1. The minimum Gasteiger partial charge on any atom is -0.469 e. The zero-order chi connectivity index (χ0) is 16.3. The lowest BCUT2D eigenvalue weighted by molar-refractivity contribution is -0.141. The summed E-state index contributed by atoms with van der Waals surface area (Å²) in [6.07, 6.45) is 1.37. The standard InChI is InChI=1S/C16H21NO4S/c1-12-5-8-15(9-6-12)22(19,20)17-11-13(2)4-7-14(17)10-16(18)21-3/h5-6,8-9,14H,2,4,7,10-11H2,1,3H3. The lowest BCUT2D eigenvalue weighted by Crippen LogP contribution is -2.45. The molecule has 1 unspecified atom stereocenters. The van der Waals surface area contributed by atoms with Crippen molar-refractivity contribution in [2.45, 2.75) is 37.1 Å². The summed E-state index contributed by atoms with van der Waals surface area (Å²) in [6, 6.07) is 6.33. The predicted molar refractivity (Wildman–Crippen MR) is 83.9 cm³/mol. The van der Waals surface area contributed by atoms with Gasteiger partial charge in [-0.25, -0.2) is 8.42 Å². The highest BCUT2D eigenvalue weighted by molar-refractivity contribution is 7.89. The molecule has 0 saturated carbocycles. The summed E-state index contributed by atoms with van der Waals surface area (Å²) in [6.45, 7) is 6.05. The number of ether oxygens (including phenoxy) is 1. The number of nitrogens with zero attached hydrogens (tertiary/aromatic N) is 1. The van der Waals surface area contributed by atoms with Crippen LogP contribution < -0.4 is 0 Å². The maximum atomic E-state index is 12.9. The first kappa shape index (κ1) is 16.7. The molecule has 1 aromatic carbocycles. The zero-order valence-electron chi connectivity index (χ0n) is 12.9. The number of aryl methyl sites for hydroxylation is 1. The monoisotopic (exact) mass is 323 g/mol.